The van der Waals surface area contributed by atoms with Gasteiger partial charge < -0.3 is 20.7 Å². The fourth-order valence-electron chi connectivity index (χ4n) is 1.70. The van der Waals surface area contributed by atoms with Crippen LogP contribution in [0.15, 0.2) is 18.2 Å². The Hall–Kier alpha value is -2.08. The smallest absolute Gasteiger partial charge is 0.264 e. The van der Waals surface area contributed by atoms with Crippen molar-refractivity contribution in [1.29, 1.82) is 0 Å². The summed E-state index contributed by atoms with van der Waals surface area (Å²) in [6.45, 7) is 0.835. The van der Waals surface area contributed by atoms with E-state index in [0.717, 1.165) is 0 Å². The number of nitrogens with two attached hydrogens (primary N) is 1. The molecule has 0 aliphatic carbocycles. The highest BCUT2D eigenvalue weighted by Gasteiger charge is 2.23. The molecule has 3 N–H and O–H groups in total. The largest absolute Gasteiger partial charge is 0.482 e. The summed E-state index contributed by atoms with van der Waals surface area (Å²) in [6, 6.07) is 4.99. The number of hydrogen-bond donors (Lipinski definition) is 2. The maximum absolute atomic E-state index is 11.8. The summed E-state index contributed by atoms with van der Waals surface area (Å²) >= 11 is 0. The highest BCUT2D eigenvalue weighted by Crippen LogP contribution is 2.31. The van der Waals surface area contributed by atoms with Crippen LogP contribution in [0.3, 0.4) is 0 Å². The van der Waals surface area contributed by atoms with Crippen molar-refractivity contribution in [2.24, 2.45) is 5.73 Å². The van der Waals surface area contributed by atoms with Crippen molar-refractivity contribution in [3.8, 4) is 5.75 Å². The summed E-state index contributed by atoms with van der Waals surface area (Å²) in [7, 11) is 1.66. The van der Waals surface area contributed by atoms with Gasteiger partial charge in [0.15, 0.2) is 6.61 Å². The minimum atomic E-state index is -0.213. The Morgan fingerprint density at radius 3 is 3.06 bits per heavy atom. The van der Waals surface area contributed by atoms with E-state index in [4.69, 9.17) is 10.5 Å². The van der Waals surface area contributed by atoms with Crippen molar-refractivity contribution in [2.45, 2.75) is 0 Å². The van der Waals surface area contributed by atoms with E-state index < -0.39 is 0 Å². The first-order valence-electron chi connectivity index (χ1n) is 5.65. The Labute approximate surface area is 105 Å². The van der Waals surface area contributed by atoms with Gasteiger partial charge >= 0.3 is 0 Å². The second kappa shape index (κ2) is 5.05. The molecule has 0 unspecified atom stereocenters. The molecule has 1 aliphatic heterocycles. The van der Waals surface area contributed by atoms with Gasteiger partial charge in [0.1, 0.15) is 5.75 Å². The average molecular weight is 249 g/mol. The number of rotatable bonds is 3. The van der Waals surface area contributed by atoms with Crippen LogP contribution in [0, 0.1) is 0 Å². The Bertz CT molecular complexity index is 487. The van der Waals surface area contributed by atoms with Crippen LogP contribution in [0.1, 0.15) is 10.4 Å². The molecular formula is C12H15N3O3. The third kappa shape index (κ3) is 2.28. The fraction of sp³-hybridized carbons (Fsp3) is 0.333. The molecule has 0 fully saturated rings. The second-order valence-electron chi connectivity index (χ2n) is 3.97. The molecule has 6 heteroatoms. The molecule has 1 aromatic rings. The summed E-state index contributed by atoms with van der Waals surface area (Å²) in [6.07, 6.45) is 0. The lowest BCUT2D eigenvalue weighted by atomic mass is 10.1. The van der Waals surface area contributed by atoms with Crippen molar-refractivity contribution in [1.82, 2.24) is 5.32 Å². The van der Waals surface area contributed by atoms with Crippen molar-refractivity contribution < 1.29 is 14.3 Å². The first kappa shape index (κ1) is 12.4. The Kier molecular flexibility index (Phi) is 3.47. The molecule has 6 nitrogen and oxygen atoms in total. The number of likely N-dealkylation sites (N-methyl/N-ethyl adjacent to an activating group) is 1. The number of carbonyl (C=O) groups excluding carboxylic acids is 2. The number of hydrogen-bond acceptors (Lipinski definition) is 4. The van der Waals surface area contributed by atoms with E-state index in [1.54, 1.807) is 25.2 Å². The number of amides is 2. The van der Waals surface area contributed by atoms with Crippen molar-refractivity contribution in [3.05, 3.63) is 23.8 Å². The molecule has 0 bridgehead atoms. The maximum Gasteiger partial charge on any atom is 0.264 e. The van der Waals surface area contributed by atoms with E-state index in [1.165, 1.54) is 4.90 Å². The number of nitrogens with one attached hydrogen (secondary N) is 1. The summed E-state index contributed by atoms with van der Waals surface area (Å²) in [4.78, 5) is 24.7. The normalized spacial score (nSPS) is 13.9. The van der Waals surface area contributed by atoms with Gasteiger partial charge in [-0.15, -0.1) is 0 Å². The lowest BCUT2D eigenvalue weighted by Crippen LogP contribution is -2.36. The predicted octanol–water partition coefficient (Wildman–Crippen LogP) is -0.270. The first-order chi connectivity index (χ1) is 8.63. The van der Waals surface area contributed by atoms with Crippen LogP contribution in [0.25, 0.3) is 0 Å². The molecule has 0 aromatic heterocycles. The quantitative estimate of drug-likeness (QED) is 0.772. The van der Waals surface area contributed by atoms with Crippen LogP contribution in [0.4, 0.5) is 5.69 Å². The molecule has 96 valence electrons. The van der Waals surface area contributed by atoms with Gasteiger partial charge in [-0.05, 0) is 18.2 Å². The first-order valence-corrected chi connectivity index (χ1v) is 5.65. The number of carbonyl (C=O) groups is 2. The van der Waals surface area contributed by atoms with Crippen molar-refractivity contribution in [3.63, 3.8) is 0 Å². The monoisotopic (exact) mass is 249 g/mol. The Morgan fingerprint density at radius 2 is 2.33 bits per heavy atom. The van der Waals surface area contributed by atoms with E-state index in [1.807, 2.05) is 0 Å². The minimum Gasteiger partial charge on any atom is -0.482 e. The summed E-state index contributed by atoms with van der Waals surface area (Å²) < 4.78 is 5.28. The number of anilines is 1. The molecule has 1 aliphatic rings. The van der Waals surface area contributed by atoms with Crippen LogP contribution >= 0.6 is 0 Å². The Morgan fingerprint density at radius 1 is 1.56 bits per heavy atom. The SMILES string of the molecule is CN1C(=O)COc2ccc(C(=O)NCCN)cc21. The zero-order chi connectivity index (χ0) is 13.1. The van der Waals surface area contributed by atoms with E-state index in [2.05, 4.69) is 5.32 Å². The highest BCUT2D eigenvalue weighted by molar-refractivity contribution is 6.00. The number of benzene rings is 1. The number of ether oxygens (including phenoxy) is 1. The lowest BCUT2D eigenvalue weighted by molar-refractivity contribution is -0.120. The summed E-state index contributed by atoms with van der Waals surface area (Å²) in [5.41, 5.74) is 6.40. The van der Waals surface area contributed by atoms with E-state index in [9.17, 15) is 9.59 Å². The molecule has 1 heterocycles. The van der Waals surface area contributed by atoms with Gasteiger partial charge in [0, 0.05) is 25.7 Å². The average Bonchev–Trinajstić information content (AvgIpc) is 2.40. The minimum absolute atomic E-state index is 0.0300. The predicted molar refractivity (Wildman–Crippen MR) is 66.7 cm³/mol. The molecule has 18 heavy (non-hydrogen) atoms. The van der Waals surface area contributed by atoms with E-state index in [0.29, 0.717) is 30.1 Å². The van der Waals surface area contributed by atoms with Crippen LogP contribution in [-0.2, 0) is 4.79 Å². The molecular weight excluding hydrogens is 234 g/mol. The van der Waals surface area contributed by atoms with E-state index in [-0.39, 0.29) is 18.4 Å². The van der Waals surface area contributed by atoms with Gasteiger partial charge in [-0.1, -0.05) is 0 Å². The summed E-state index contributed by atoms with van der Waals surface area (Å²) in [5.74, 6) is 0.254. The Balaban J connectivity index is 2.26. The molecule has 2 amide bonds. The molecule has 2 rings (SSSR count). The van der Waals surface area contributed by atoms with Crippen LogP contribution in [0.5, 0.6) is 5.75 Å². The van der Waals surface area contributed by atoms with E-state index >= 15 is 0 Å². The van der Waals surface area contributed by atoms with Gasteiger partial charge in [0.2, 0.25) is 0 Å². The number of fused-ring (bicyclic) bond motifs is 1. The third-order valence-corrected chi connectivity index (χ3v) is 2.74. The van der Waals surface area contributed by atoms with Crippen LogP contribution in [0.2, 0.25) is 0 Å². The van der Waals surface area contributed by atoms with Gasteiger partial charge in [0.05, 0.1) is 5.69 Å². The van der Waals surface area contributed by atoms with Crippen LogP contribution < -0.4 is 20.7 Å². The maximum atomic E-state index is 11.8. The zero-order valence-corrected chi connectivity index (χ0v) is 10.1. The van der Waals surface area contributed by atoms with Crippen LogP contribution in [-0.4, -0.2) is 38.6 Å². The van der Waals surface area contributed by atoms with Crippen molar-refractivity contribution >= 4 is 17.5 Å². The molecule has 0 saturated carbocycles. The summed E-state index contributed by atoms with van der Waals surface area (Å²) in [5, 5.41) is 2.67. The van der Waals surface area contributed by atoms with Gasteiger partial charge in [-0.2, -0.15) is 0 Å². The van der Waals surface area contributed by atoms with Gasteiger partial charge in [0.25, 0.3) is 11.8 Å². The molecule has 0 saturated heterocycles. The topological polar surface area (TPSA) is 84.7 Å². The highest BCUT2D eigenvalue weighted by atomic mass is 16.5. The molecule has 1 aromatic carbocycles. The van der Waals surface area contributed by atoms with Gasteiger partial charge in [-0.25, -0.2) is 0 Å². The van der Waals surface area contributed by atoms with Gasteiger partial charge in [-0.3, -0.25) is 9.59 Å². The molecule has 0 radical (unpaired) electrons. The standard InChI is InChI=1S/C12H15N3O3/c1-15-9-6-8(12(17)14-5-4-13)2-3-10(9)18-7-11(15)16/h2-3,6H,4-5,7,13H2,1H3,(H,14,17). The third-order valence-electron chi connectivity index (χ3n) is 2.74. The fourth-order valence-corrected chi connectivity index (χ4v) is 1.70. The zero-order valence-electron chi connectivity index (χ0n) is 10.1. The lowest BCUT2D eigenvalue weighted by Gasteiger charge is -2.26. The number of nitrogens with zero attached hydrogens (tertiary/aromatic N) is 1. The molecule has 0 spiro atoms. The van der Waals surface area contributed by atoms with Crippen molar-refractivity contribution in [2.75, 3.05) is 31.6 Å². The molecule has 0 atom stereocenters. The second-order valence-corrected chi connectivity index (χ2v) is 3.97.